The maximum atomic E-state index is 12.3. The number of nitrogens with one attached hydrogen (secondary N) is 1. The first-order valence-corrected chi connectivity index (χ1v) is 10.5. The summed E-state index contributed by atoms with van der Waals surface area (Å²) in [6, 6.07) is -0.215. The first kappa shape index (κ1) is 22.8. The van der Waals surface area contributed by atoms with Gasteiger partial charge in [-0.2, -0.15) is 0 Å². The Kier molecular flexibility index (Phi) is 6.38. The minimum absolute atomic E-state index is 0.0765. The summed E-state index contributed by atoms with van der Waals surface area (Å²) in [4.78, 5) is 41.3. The Morgan fingerprint density at radius 3 is 2.65 bits per heavy atom. The highest BCUT2D eigenvalue weighted by atomic mass is 16.6. The molecule has 0 aromatic carbocycles. The highest BCUT2D eigenvalue weighted by molar-refractivity contribution is 5.72. The third kappa shape index (κ3) is 5.42. The van der Waals surface area contributed by atoms with Crippen LogP contribution in [0.1, 0.15) is 64.8 Å². The van der Waals surface area contributed by atoms with Crippen molar-refractivity contribution in [2.24, 2.45) is 5.92 Å². The maximum absolute atomic E-state index is 12.3. The Hall–Kier alpha value is -2.91. The number of carbonyl (C=O) groups is 2. The number of hydrogen-bond acceptors (Lipinski definition) is 8. The van der Waals surface area contributed by atoms with Gasteiger partial charge in [-0.15, -0.1) is 0 Å². The SMILES string of the molecule is CC(=O)OC1CCc2c1ncc([N+](=O)[O-])c2N1CC(C)CC(NC(=O)OC(C)(C)C)C1. The van der Waals surface area contributed by atoms with Gasteiger partial charge in [0.05, 0.1) is 10.6 Å². The first-order valence-electron chi connectivity index (χ1n) is 10.5. The van der Waals surface area contributed by atoms with E-state index in [1.165, 1.54) is 13.1 Å². The molecule has 1 aromatic rings. The molecule has 1 saturated heterocycles. The number of ether oxygens (including phenoxy) is 2. The number of aromatic nitrogens is 1. The van der Waals surface area contributed by atoms with Gasteiger partial charge >= 0.3 is 17.7 Å². The number of rotatable bonds is 4. The minimum atomic E-state index is -0.611. The summed E-state index contributed by atoms with van der Waals surface area (Å²) in [6.07, 6.45) is 2.06. The van der Waals surface area contributed by atoms with Crippen molar-refractivity contribution in [2.75, 3.05) is 18.0 Å². The molecule has 0 bridgehead atoms. The molecular formula is C21H30N4O6. The average Bonchev–Trinajstić information content (AvgIpc) is 3.00. The lowest BCUT2D eigenvalue weighted by atomic mass is 9.94. The van der Waals surface area contributed by atoms with Gasteiger partial charge < -0.3 is 19.7 Å². The van der Waals surface area contributed by atoms with Crippen LogP contribution in [0, 0.1) is 16.0 Å². The number of pyridine rings is 1. The Morgan fingerprint density at radius 1 is 1.32 bits per heavy atom. The van der Waals surface area contributed by atoms with Crippen LogP contribution in [0.4, 0.5) is 16.2 Å². The summed E-state index contributed by atoms with van der Waals surface area (Å²) in [5.74, 6) is -0.212. The Labute approximate surface area is 181 Å². The molecule has 2 aliphatic rings. The van der Waals surface area contributed by atoms with Crippen molar-refractivity contribution in [1.82, 2.24) is 10.3 Å². The topological polar surface area (TPSA) is 124 Å². The van der Waals surface area contributed by atoms with E-state index in [1.807, 2.05) is 11.8 Å². The van der Waals surface area contributed by atoms with Crippen molar-refractivity contribution in [3.05, 3.63) is 27.6 Å². The molecule has 170 valence electrons. The van der Waals surface area contributed by atoms with Gasteiger partial charge in [0.25, 0.3) is 0 Å². The van der Waals surface area contributed by atoms with E-state index in [0.29, 0.717) is 37.3 Å². The Morgan fingerprint density at radius 2 is 2.03 bits per heavy atom. The van der Waals surface area contributed by atoms with Gasteiger partial charge in [-0.05, 0) is 46.0 Å². The number of piperidine rings is 1. The number of nitrogens with zero attached hydrogens (tertiary/aromatic N) is 3. The molecule has 2 heterocycles. The lowest BCUT2D eigenvalue weighted by molar-refractivity contribution is -0.384. The zero-order valence-electron chi connectivity index (χ0n) is 18.6. The Bertz CT molecular complexity index is 881. The molecule has 1 aliphatic heterocycles. The van der Waals surface area contributed by atoms with Crippen molar-refractivity contribution >= 4 is 23.4 Å². The van der Waals surface area contributed by atoms with Crippen molar-refractivity contribution in [1.29, 1.82) is 0 Å². The number of nitro groups is 1. The van der Waals surface area contributed by atoms with E-state index >= 15 is 0 Å². The number of amides is 1. The maximum Gasteiger partial charge on any atom is 0.407 e. The average molecular weight is 434 g/mol. The van der Waals surface area contributed by atoms with Gasteiger partial charge in [0.1, 0.15) is 23.6 Å². The van der Waals surface area contributed by atoms with Crippen LogP contribution in [0.15, 0.2) is 6.20 Å². The summed E-state index contributed by atoms with van der Waals surface area (Å²) in [6.45, 7) is 9.80. The van der Waals surface area contributed by atoms with Gasteiger partial charge in [-0.3, -0.25) is 14.9 Å². The van der Waals surface area contributed by atoms with E-state index in [1.54, 1.807) is 20.8 Å². The molecule has 1 aliphatic carbocycles. The monoisotopic (exact) mass is 434 g/mol. The van der Waals surface area contributed by atoms with Gasteiger partial charge in [-0.1, -0.05) is 6.92 Å². The van der Waals surface area contributed by atoms with Gasteiger partial charge in [0.15, 0.2) is 0 Å². The Balaban J connectivity index is 1.90. The van der Waals surface area contributed by atoms with Crippen molar-refractivity contribution < 1.29 is 24.0 Å². The predicted octanol–water partition coefficient (Wildman–Crippen LogP) is 3.28. The van der Waals surface area contributed by atoms with Crippen molar-refractivity contribution in [2.45, 2.75) is 71.6 Å². The fourth-order valence-corrected chi connectivity index (χ4v) is 4.40. The molecule has 1 amide bonds. The predicted molar refractivity (Wildman–Crippen MR) is 113 cm³/mol. The second kappa shape index (κ2) is 8.68. The van der Waals surface area contributed by atoms with Crippen molar-refractivity contribution in [3.8, 4) is 0 Å². The lowest BCUT2D eigenvalue weighted by Crippen LogP contribution is -2.51. The van der Waals surface area contributed by atoms with Crippen LogP contribution in [0.3, 0.4) is 0 Å². The molecule has 0 spiro atoms. The highest BCUT2D eigenvalue weighted by Gasteiger charge is 2.37. The van der Waals surface area contributed by atoms with E-state index in [4.69, 9.17) is 9.47 Å². The van der Waals surface area contributed by atoms with Crippen LogP contribution in [-0.4, -0.2) is 46.7 Å². The second-order valence-electron chi connectivity index (χ2n) is 9.34. The summed E-state index contributed by atoms with van der Waals surface area (Å²) in [5.41, 5.74) is 1.14. The second-order valence-corrected chi connectivity index (χ2v) is 9.34. The minimum Gasteiger partial charge on any atom is -0.456 e. The largest absolute Gasteiger partial charge is 0.456 e. The van der Waals surface area contributed by atoms with Crippen LogP contribution in [0.2, 0.25) is 0 Å². The van der Waals surface area contributed by atoms with Gasteiger partial charge in [0.2, 0.25) is 0 Å². The van der Waals surface area contributed by atoms with Crippen LogP contribution in [-0.2, 0) is 20.7 Å². The number of fused-ring (bicyclic) bond motifs is 1. The van der Waals surface area contributed by atoms with Crippen LogP contribution < -0.4 is 10.2 Å². The van der Waals surface area contributed by atoms with Crippen LogP contribution in [0.5, 0.6) is 0 Å². The van der Waals surface area contributed by atoms with Crippen molar-refractivity contribution in [3.63, 3.8) is 0 Å². The third-order valence-electron chi connectivity index (χ3n) is 5.33. The molecule has 3 unspecified atom stereocenters. The molecule has 10 nitrogen and oxygen atoms in total. The van der Waals surface area contributed by atoms with Gasteiger partial charge in [-0.25, -0.2) is 9.78 Å². The molecule has 3 atom stereocenters. The summed E-state index contributed by atoms with van der Waals surface area (Å²) >= 11 is 0. The van der Waals surface area contributed by atoms with Gasteiger partial charge in [0, 0.05) is 31.6 Å². The van der Waals surface area contributed by atoms with E-state index in [2.05, 4.69) is 10.3 Å². The molecule has 3 rings (SSSR count). The lowest BCUT2D eigenvalue weighted by Gasteiger charge is -2.38. The molecule has 0 saturated carbocycles. The number of carbonyl (C=O) groups excluding carboxylic acids is 2. The summed E-state index contributed by atoms with van der Waals surface area (Å²) in [7, 11) is 0. The van der Waals surface area contributed by atoms with Crippen LogP contribution >= 0.6 is 0 Å². The number of hydrogen-bond donors (Lipinski definition) is 1. The molecular weight excluding hydrogens is 404 g/mol. The smallest absolute Gasteiger partial charge is 0.407 e. The van der Waals surface area contributed by atoms with E-state index < -0.39 is 28.7 Å². The molecule has 1 N–H and O–H groups in total. The van der Waals surface area contributed by atoms with Crippen LogP contribution in [0.25, 0.3) is 0 Å². The zero-order valence-corrected chi connectivity index (χ0v) is 18.6. The number of anilines is 1. The van der Waals surface area contributed by atoms with E-state index in [-0.39, 0.29) is 17.6 Å². The summed E-state index contributed by atoms with van der Waals surface area (Å²) < 4.78 is 10.7. The molecule has 1 aromatic heterocycles. The van der Waals surface area contributed by atoms with E-state index in [0.717, 1.165) is 12.0 Å². The molecule has 10 heteroatoms. The molecule has 0 radical (unpaired) electrons. The van der Waals surface area contributed by atoms with E-state index in [9.17, 15) is 19.7 Å². The normalized spacial score (nSPS) is 23.1. The molecule has 31 heavy (non-hydrogen) atoms. The third-order valence-corrected chi connectivity index (χ3v) is 5.33. The summed E-state index contributed by atoms with van der Waals surface area (Å²) in [5, 5.41) is 14.7. The standard InChI is InChI=1S/C21H30N4O6/c1-12-8-14(23-20(27)31-21(3,4)5)11-24(10-12)19-15-6-7-17(30-13(2)26)18(15)22-9-16(19)25(28)29/h9,12,14,17H,6-8,10-11H2,1-5H3,(H,23,27). The number of esters is 1. The highest BCUT2D eigenvalue weighted by Crippen LogP contribution is 2.43. The first-order chi connectivity index (χ1) is 14.4. The zero-order chi connectivity index (χ0) is 22.9. The fourth-order valence-electron chi connectivity index (χ4n) is 4.40. The number of alkyl carbamates (subject to hydrolysis) is 1. The fraction of sp³-hybridized carbons (Fsp3) is 0.667. The molecule has 1 fully saturated rings. The quantitative estimate of drug-likeness (QED) is 0.435.